The number of carboxylic acids is 1. The molecule has 0 aromatic carbocycles. The van der Waals surface area contributed by atoms with Crippen LogP contribution in [0.15, 0.2) is 4.99 Å². The van der Waals surface area contributed by atoms with E-state index >= 15 is 0 Å². The van der Waals surface area contributed by atoms with Gasteiger partial charge in [0.05, 0.1) is 12.6 Å². The van der Waals surface area contributed by atoms with Crippen LogP contribution >= 0.6 is 0 Å². The Labute approximate surface area is 160 Å². The fourth-order valence-electron chi connectivity index (χ4n) is 2.59. The standard InChI is InChI=1S/C16H34BN5O5/c1-3-12(6-7-17(26)27)10-22(11(2)16(24)25)15(23)13(19)5-4-8-21-14(20)9-18/h11-13,26-27H,3-10,18-19H2,1-2H3,(H2,20,21)(H,24,25)/t11-,12+,13-/m0/s1. The van der Waals surface area contributed by atoms with Crippen LogP contribution in [0.5, 0.6) is 0 Å². The predicted octanol–water partition coefficient (Wildman–Crippen LogP) is -1.40. The molecule has 0 aliphatic carbocycles. The third kappa shape index (κ3) is 10.3. The molecule has 0 aromatic rings. The van der Waals surface area contributed by atoms with E-state index in [0.29, 0.717) is 38.1 Å². The summed E-state index contributed by atoms with van der Waals surface area (Å²) in [6, 6.07) is -1.87. The van der Waals surface area contributed by atoms with Crippen molar-refractivity contribution in [3.05, 3.63) is 0 Å². The van der Waals surface area contributed by atoms with Crippen molar-refractivity contribution >= 4 is 24.8 Å². The molecule has 0 aromatic heterocycles. The smallest absolute Gasteiger partial charge is 0.451 e. The largest absolute Gasteiger partial charge is 0.480 e. The van der Waals surface area contributed by atoms with Gasteiger partial charge in [-0.2, -0.15) is 0 Å². The molecule has 10 nitrogen and oxygen atoms in total. The first-order chi connectivity index (χ1) is 12.6. The SMILES string of the molecule is CC[C@H](CCB(O)O)CN(C(=O)[C@@H](N)CCCN=C(N)CN)[C@@H](C)C(=O)O. The van der Waals surface area contributed by atoms with Crippen molar-refractivity contribution < 1.29 is 24.7 Å². The van der Waals surface area contributed by atoms with Crippen LogP contribution < -0.4 is 17.2 Å². The van der Waals surface area contributed by atoms with Crippen LogP contribution in [0.3, 0.4) is 0 Å². The number of amidine groups is 1. The molecule has 156 valence electrons. The quantitative estimate of drug-likeness (QED) is 0.0908. The van der Waals surface area contributed by atoms with E-state index in [4.69, 9.17) is 27.2 Å². The number of nitrogens with zero attached hydrogens (tertiary/aromatic N) is 2. The van der Waals surface area contributed by atoms with E-state index in [0.717, 1.165) is 0 Å². The Morgan fingerprint density at radius 1 is 1.26 bits per heavy atom. The molecule has 27 heavy (non-hydrogen) atoms. The van der Waals surface area contributed by atoms with Gasteiger partial charge in [-0.1, -0.05) is 19.8 Å². The lowest BCUT2D eigenvalue weighted by Crippen LogP contribution is -2.52. The summed E-state index contributed by atoms with van der Waals surface area (Å²) < 4.78 is 0. The van der Waals surface area contributed by atoms with Crippen molar-refractivity contribution in [1.82, 2.24) is 4.90 Å². The first-order valence-corrected chi connectivity index (χ1v) is 9.27. The Kier molecular flexibility index (Phi) is 12.6. The van der Waals surface area contributed by atoms with Crippen LogP contribution in [0.4, 0.5) is 0 Å². The van der Waals surface area contributed by atoms with E-state index in [-0.39, 0.29) is 25.3 Å². The van der Waals surface area contributed by atoms with E-state index in [9.17, 15) is 14.7 Å². The molecule has 0 rings (SSSR count). The third-order valence-electron chi connectivity index (χ3n) is 4.49. The van der Waals surface area contributed by atoms with Gasteiger partial charge in [0.15, 0.2) is 0 Å². The Morgan fingerprint density at radius 3 is 2.37 bits per heavy atom. The number of nitrogens with two attached hydrogens (primary N) is 3. The number of carboxylic acid groups (broad SMARTS) is 1. The second-order valence-electron chi connectivity index (χ2n) is 6.66. The highest BCUT2D eigenvalue weighted by Gasteiger charge is 2.30. The Bertz CT molecular complexity index is 492. The van der Waals surface area contributed by atoms with Crippen LogP contribution in [0, 0.1) is 5.92 Å². The van der Waals surface area contributed by atoms with Crippen molar-refractivity contribution in [1.29, 1.82) is 0 Å². The summed E-state index contributed by atoms with van der Waals surface area (Å²) in [7, 11) is -1.43. The minimum absolute atomic E-state index is 0.0568. The van der Waals surface area contributed by atoms with Gasteiger partial charge in [-0.05, 0) is 32.0 Å². The highest BCUT2D eigenvalue weighted by Crippen LogP contribution is 2.17. The lowest BCUT2D eigenvalue weighted by Gasteiger charge is -2.32. The molecular formula is C16H34BN5O5. The molecule has 0 bridgehead atoms. The maximum atomic E-state index is 12.7. The molecular weight excluding hydrogens is 353 g/mol. The van der Waals surface area contributed by atoms with Gasteiger partial charge in [0.1, 0.15) is 11.9 Å². The number of hydrogen-bond donors (Lipinski definition) is 6. The van der Waals surface area contributed by atoms with E-state index in [1.807, 2.05) is 6.92 Å². The summed E-state index contributed by atoms with van der Waals surface area (Å²) in [6.45, 7) is 4.09. The van der Waals surface area contributed by atoms with Crippen LogP contribution in [0.2, 0.25) is 6.32 Å². The molecule has 1 amide bonds. The summed E-state index contributed by atoms with van der Waals surface area (Å²) in [4.78, 5) is 29.4. The fraction of sp³-hybridized carbons (Fsp3) is 0.812. The molecule has 0 unspecified atom stereocenters. The van der Waals surface area contributed by atoms with E-state index in [1.54, 1.807) is 0 Å². The summed E-state index contributed by atoms with van der Waals surface area (Å²) >= 11 is 0. The van der Waals surface area contributed by atoms with Crippen LogP contribution in [0.25, 0.3) is 0 Å². The topological polar surface area (TPSA) is 188 Å². The fourth-order valence-corrected chi connectivity index (χ4v) is 2.59. The molecule has 0 heterocycles. The summed E-state index contributed by atoms with van der Waals surface area (Å²) in [5, 5.41) is 27.4. The van der Waals surface area contributed by atoms with Crippen molar-refractivity contribution in [2.24, 2.45) is 28.1 Å². The number of aliphatic carboxylic acids is 1. The van der Waals surface area contributed by atoms with Crippen molar-refractivity contribution in [3.63, 3.8) is 0 Å². The molecule has 0 saturated carbocycles. The van der Waals surface area contributed by atoms with Gasteiger partial charge in [0, 0.05) is 13.1 Å². The highest BCUT2D eigenvalue weighted by atomic mass is 16.4. The van der Waals surface area contributed by atoms with Crippen LogP contribution in [0.1, 0.15) is 39.5 Å². The molecule has 9 N–H and O–H groups in total. The van der Waals surface area contributed by atoms with Gasteiger partial charge in [-0.25, -0.2) is 4.79 Å². The summed E-state index contributed by atoms with van der Waals surface area (Å²) in [5.74, 6) is -1.29. The number of aliphatic imine (C=N–C) groups is 1. The lowest BCUT2D eigenvalue weighted by molar-refractivity contribution is -0.150. The normalized spacial score (nSPS) is 15.1. The first-order valence-electron chi connectivity index (χ1n) is 9.27. The summed E-state index contributed by atoms with van der Waals surface area (Å²) in [5.41, 5.74) is 16.8. The number of amides is 1. The average molecular weight is 387 g/mol. The second-order valence-corrected chi connectivity index (χ2v) is 6.66. The van der Waals surface area contributed by atoms with Gasteiger partial charge >= 0.3 is 13.1 Å². The second kappa shape index (κ2) is 13.5. The molecule has 0 radical (unpaired) electrons. The Hall–Kier alpha value is -1.69. The zero-order valence-corrected chi connectivity index (χ0v) is 16.3. The van der Waals surface area contributed by atoms with Crippen molar-refractivity contribution in [3.8, 4) is 0 Å². The van der Waals surface area contributed by atoms with Gasteiger partial charge in [0.25, 0.3) is 0 Å². The minimum Gasteiger partial charge on any atom is -0.480 e. The molecule has 11 heteroatoms. The molecule has 0 aliphatic heterocycles. The van der Waals surface area contributed by atoms with Crippen molar-refractivity contribution in [2.45, 2.75) is 57.9 Å². The van der Waals surface area contributed by atoms with Gasteiger partial charge in [-0.15, -0.1) is 0 Å². The number of rotatable bonds is 14. The minimum atomic E-state index is -1.43. The number of carbonyl (C=O) groups is 2. The van der Waals surface area contributed by atoms with Gasteiger partial charge < -0.3 is 37.3 Å². The first kappa shape index (κ1) is 25.3. The maximum Gasteiger partial charge on any atom is 0.451 e. The zero-order chi connectivity index (χ0) is 21.0. The molecule has 3 atom stereocenters. The van der Waals surface area contributed by atoms with Crippen LogP contribution in [-0.4, -0.2) is 76.6 Å². The van der Waals surface area contributed by atoms with E-state index < -0.39 is 31.1 Å². The number of carbonyl (C=O) groups excluding carboxylic acids is 1. The lowest BCUT2D eigenvalue weighted by atomic mass is 9.80. The Balaban J connectivity index is 4.94. The van der Waals surface area contributed by atoms with Crippen LogP contribution in [-0.2, 0) is 9.59 Å². The Morgan fingerprint density at radius 2 is 1.89 bits per heavy atom. The van der Waals surface area contributed by atoms with E-state index in [1.165, 1.54) is 11.8 Å². The average Bonchev–Trinajstić information content (AvgIpc) is 2.63. The molecule has 0 fully saturated rings. The van der Waals surface area contributed by atoms with E-state index in [2.05, 4.69) is 4.99 Å². The maximum absolute atomic E-state index is 12.7. The molecule has 0 spiro atoms. The van der Waals surface area contributed by atoms with Gasteiger partial charge in [0.2, 0.25) is 5.91 Å². The molecule has 0 saturated heterocycles. The third-order valence-corrected chi connectivity index (χ3v) is 4.49. The highest BCUT2D eigenvalue weighted by molar-refractivity contribution is 6.40. The monoisotopic (exact) mass is 387 g/mol. The predicted molar refractivity (Wildman–Crippen MR) is 105 cm³/mol. The number of hydrogen-bond acceptors (Lipinski definition) is 7. The molecule has 0 aliphatic rings. The zero-order valence-electron chi connectivity index (χ0n) is 16.3. The van der Waals surface area contributed by atoms with Crippen molar-refractivity contribution in [2.75, 3.05) is 19.6 Å². The summed E-state index contributed by atoms with van der Waals surface area (Å²) in [6.07, 6.45) is 2.17. The van der Waals surface area contributed by atoms with Gasteiger partial charge in [-0.3, -0.25) is 9.79 Å².